The van der Waals surface area contributed by atoms with Gasteiger partial charge in [-0.15, -0.1) is 0 Å². The Morgan fingerprint density at radius 2 is 1.90 bits per heavy atom. The molecule has 0 aliphatic carbocycles. The lowest BCUT2D eigenvalue weighted by Gasteiger charge is -2.24. The van der Waals surface area contributed by atoms with Crippen molar-refractivity contribution in [2.75, 3.05) is 32.9 Å². The molecular formula is C12H15F3N4O2. The molecule has 2 N–H and O–H groups in total. The molecule has 0 aliphatic heterocycles. The van der Waals surface area contributed by atoms with Crippen molar-refractivity contribution >= 4 is 17.5 Å². The van der Waals surface area contributed by atoms with E-state index in [4.69, 9.17) is 5.73 Å². The van der Waals surface area contributed by atoms with E-state index in [1.165, 1.54) is 26.2 Å². The average Bonchev–Trinajstić information content (AvgIpc) is 2.36. The van der Waals surface area contributed by atoms with Crippen LogP contribution in [0.15, 0.2) is 18.3 Å². The summed E-state index contributed by atoms with van der Waals surface area (Å²) in [6, 6.07) is 2.56. The Morgan fingerprint density at radius 1 is 1.29 bits per heavy atom. The summed E-state index contributed by atoms with van der Waals surface area (Å²) in [5.74, 6) is -1.61. The van der Waals surface area contributed by atoms with Crippen molar-refractivity contribution < 1.29 is 22.8 Å². The molecule has 6 nitrogen and oxygen atoms in total. The standard InChI is InChI=1S/C12H15F3N4O2/c1-18(2)10(20)6-19(7-12(13,14)15)11(21)9-4-3-8(16)5-17-9/h3-5H,6-7,16H2,1-2H3. The summed E-state index contributed by atoms with van der Waals surface area (Å²) < 4.78 is 37.6. The number of halogens is 3. The second-order valence-electron chi connectivity index (χ2n) is 4.54. The van der Waals surface area contributed by atoms with Crippen molar-refractivity contribution in [3.05, 3.63) is 24.0 Å². The van der Waals surface area contributed by atoms with Crippen LogP contribution in [0.5, 0.6) is 0 Å². The van der Waals surface area contributed by atoms with E-state index in [0.29, 0.717) is 4.90 Å². The van der Waals surface area contributed by atoms with Crippen molar-refractivity contribution in [3.8, 4) is 0 Å². The van der Waals surface area contributed by atoms with Gasteiger partial charge in [-0.05, 0) is 12.1 Å². The fourth-order valence-corrected chi connectivity index (χ4v) is 1.41. The van der Waals surface area contributed by atoms with E-state index in [9.17, 15) is 22.8 Å². The normalized spacial score (nSPS) is 11.1. The Kier molecular flexibility index (Phi) is 5.12. The minimum absolute atomic E-state index is 0.208. The van der Waals surface area contributed by atoms with Gasteiger partial charge >= 0.3 is 6.18 Å². The van der Waals surface area contributed by atoms with E-state index in [2.05, 4.69) is 4.98 Å². The maximum Gasteiger partial charge on any atom is 0.406 e. The number of rotatable bonds is 4. The summed E-state index contributed by atoms with van der Waals surface area (Å²) >= 11 is 0. The van der Waals surface area contributed by atoms with E-state index >= 15 is 0 Å². The molecule has 0 spiro atoms. The van der Waals surface area contributed by atoms with Gasteiger partial charge in [0.1, 0.15) is 18.8 Å². The van der Waals surface area contributed by atoms with E-state index in [1.807, 2.05) is 0 Å². The summed E-state index contributed by atoms with van der Waals surface area (Å²) in [5, 5.41) is 0. The maximum absolute atomic E-state index is 12.5. The quantitative estimate of drug-likeness (QED) is 0.890. The zero-order valence-corrected chi connectivity index (χ0v) is 11.5. The van der Waals surface area contributed by atoms with E-state index in [0.717, 1.165) is 11.1 Å². The number of hydrogen-bond donors (Lipinski definition) is 1. The third-order valence-corrected chi connectivity index (χ3v) is 2.49. The van der Waals surface area contributed by atoms with Crippen LogP contribution in [0.2, 0.25) is 0 Å². The molecule has 0 saturated carbocycles. The number of likely N-dealkylation sites (N-methyl/N-ethyl adjacent to an activating group) is 1. The molecule has 0 atom stereocenters. The third-order valence-electron chi connectivity index (χ3n) is 2.49. The highest BCUT2D eigenvalue weighted by Crippen LogP contribution is 2.18. The SMILES string of the molecule is CN(C)C(=O)CN(CC(F)(F)F)C(=O)c1ccc(N)cn1. The summed E-state index contributed by atoms with van der Waals surface area (Å²) in [6.45, 7) is -2.21. The number of hydrogen-bond acceptors (Lipinski definition) is 4. The number of nitrogens with two attached hydrogens (primary N) is 1. The summed E-state index contributed by atoms with van der Waals surface area (Å²) in [6.07, 6.45) is -3.46. The van der Waals surface area contributed by atoms with Crippen molar-refractivity contribution in [2.45, 2.75) is 6.18 Å². The largest absolute Gasteiger partial charge is 0.406 e. The zero-order valence-electron chi connectivity index (χ0n) is 11.5. The maximum atomic E-state index is 12.5. The topological polar surface area (TPSA) is 79.5 Å². The van der Waals surface area contributed by atoms with Crippen molar-refractivity contribution in [3.63, 3.8) is 0 Å². The highest BCUT2D eigenvalue weighted by Gasteiger charge is 2.34. The number of carbonyl (C=O) groups excluding carboxylic acids is 2. The highest BCUT2D eigenvalue weighted by molar-refractivity contribution is 5.95. The molecule has 116 valence electrons. The minimum atomic E-state index is -4.62. The number of nitrogens with zero attached hydrogens (tertiary/aromatic N) is 3. The van der Waals surface area contributed by atoms with Gasteiger partial charge in [0.15, 0.2) is 0 Å². The Morgan fingerprint density at radius 3 is 2.33 bits per heavy atom. The van der Waals surface area contributed by atoms with Crippen LogP contribution >= 0.6 is 0 Å². The molecule has 2 amide bonds. The zero-order chi connectivity index (χ0) is 16.2. The molecule has 1 aromatic heterocycles. The van der Waals surface area contributed by atoms with Crippen LogP contribution < -0.4 is 5.73 Å². The predicted molar refractivity (Wildman–Crippen MR) is 69.3 cm³/mol. The van der Waals surface area contributed by atoms with Gasteiger partial charge in [0.05, 0.1) is 11.9 Å². The summed E-state index contributed by atoms with van der Waals surface area (Å²) in [7, 11) is 2.78. The summed E-state index contributed by atoms with van der Waals surface area (Å²) in [5.41, 5.74) is 5.46. The van der Waals surface area contributed by atoms with Gasteiger partial charge in [0.2, 0.25) is 5.91 Å². The van der Waals surface area contributed by atoms with E-state index in [1.54, 1.807) is 0 Å². The number of anilines is 1. The number of nitrogen functional groups attached to an aromatic ring is 1. The third kappa shape index (κ3) is 5.28. The number of alkyl halides is 3. The fourth-order valence-electron chi connectivity index (χ4n) is 1.41. The molecule has 0 bridgehead atoms. The molecule has 1 rings (SSSR count). The lowest BCUT2D eigenvalue weighted by atomic mass is 10.3. The Balaban J connectivity index is 2.96. The number of amides is 2. The fraction of sp³-hybridized carbons (Fsp3) is 0.417. The molecule has 0 unspecified atom stereocenters. The van der Waals surface area contributed by atoms with Gasteiger partial charge in [0, 0.05) is 14.1 Å². The molecule has 0 aromatic carbocycles. The second kappa shape index (κ2) is 6.42. The first-order valence-electron chi connectivity index (χ1n) is 5.88. The Labute approximate surface area is 119 Å². The molecule has 0 fully saturated rings. The molecular weight excluding hydrogens is 289 g/mol. The van der Waals surface area contributed by atoms with Crippen LogP contribution in [-0.2, 0) is 4.79 Å². The first-order valence-corrected chi connectivity index (χ1v) is 5.88. The Hall–Kier alpha value is -2.32. The molecule has 0 radical (unpaired) electrons. The smallest absolute Gasteiger partial charge is 0.397 e. The number of pyridine rings is 1. The van der Waals surface area contributed by atoms with Crippen LogP contribution in [-0.4, -0.2) is 60.0 Å². The van der Waals surface area contributed by atoms with Gasteiger partial charge in [-0.3, -0.25) is 9.59 Å². The van der Waals surface area contributed by atoms with E-state index in [-0.39, 0.29) is 11.4 Å². The van der Waals surface area contributed by atoms with Gasteiger partial charge < -0.3 is 15.5 Å². The molecule has 0 saturated heterocycles. The highest BCUT2D eigenvalue weighted by atomic mass is 19.4. The molecule has 21 heavy (non-hydrogen) atoms. The van der Waals surface area contributed by atoms with Crippen LogP contribution in [0.25, 0.3) is 0 Å². The molecule has 9 heteroatoms. The molecule has 1 aromatic rings. The lowest BCUT2D eigenvalue weighted by molar-refractivity contribution is -0.146. The first-order chi connectivity index (χ1) is 9.60. The second-order valence-corrected chi connectivity index (χ2v) is 4.54. The van der Waals surface area contributed by atoms with Gasteiger partial charge in [0.25, 0.3) is 5.91 Å². The molecule has 0 aliphatic rings. The van der Waals surface area contributed by atoms with Crippen LogP contribution in [0.3, 0.4) is 0 Å². The Bertz CT molecular complexity index is 514. The van der Waals surface area contributed by atoms with Crippen molar-refractivity contribution in [2.24, 2.45) is 0 Å². The number of aromatic nitrogens is 1. The van der Waals surface area contributed by atoms with Crippen molar-refractivity contribution in [1.29, 1.82) is 0 Å². The number of carbonyl (C=O) groups is 2. The van der Waals surface area contributed by atoms with Gasteiger partial charge in [-0.25, -0.2) is 4.98 Å². The summed E-state index contributed by atoms with van der Waals surface area (Å²) in [4.78, 5) is 28.8. The monoisotopic (exact) mass is 304 g/mol. The minimum Gasteiger partial charge on any atom is -0.397 e. The van der Waals surface area contributed by atoms with Crippen molar-refractivity contribution in [1.82, 2.24) is 14.8 Å². The van der Waals surface area contributed by atoms with Gasteiger partial charge in [-0.2, -0.15) is 13.2 Å². The van der Waals surface area contributed by atoms with Gasteiger partial charge in [-0.1, -0.05) is 0 Å². The van der Waals surface area contributed by atoms with Crippen LogP contribution in [0.1, 0.15) is 10.5 Å². The molecule has 1 heterocycles. The predicted octanol–water partition coefficient (Wildman–Crippen LogP) is 0.756. The lowest BCUT2D eigenvalue weighted by Crippen LogP contribution is -2.45. The average molecular weight is 304 g/mol. The van der Waals surface area contributed by atoms with Crippen LogP contribution in [0.4, 0.5) is 18.9 Å². The van der Waals surface area contributed by atoms with E-state index < -0.39 is 31.1 Å². The first kappa shape index (κ1) is 16.7. The van der Waals surface area contributed by atoms with Crippen LogP contribution in [0, 0.1) is 0 Å².